The van der Waals surface area contributed by atoms with Gasteiger partial charge in [-0.25, -0.2) is 4.98 Å². The fourth-order valence-electron chi connectivity index (χ4n) is 1.91. The maximum atomic E-state index is 6.29. The van der Waals surface area contributed by atoms with E-state index in [9.17, 15) is 0 Å². The number of thiophene rings is 1. The van der Waals surface area contributed by atoms with Crippen LogP contribution in [-0.4, -0.2) is 4.98 Å². The topological polar surface area (TPSA) is 38.9 Å². The lowest BCUT2D eigenvalue weighted by Gasteiger charge is -2.08. The molecule has 3 rings (SSSR count). The molecule has 1 atom stereocenters. The average molecular weight is 418 g/mol. The van der Waals surface area contributed by atoms with Crippen LogP contribution in [0.2, 0.25) is 0 Å². The SMILES string of the molecule is NC(Cc1nc2ccccc2s1)c1cc(Br)sc1Br. The number of para-hydroxylation sites is 1. The normalized spacial score (nSPS) is 13.0. The third kappa shape index (κ3) is 2.92. The molecule has 2 N–H and O–H groups in total. The molecule has 2 heterocycles. The summed E-state index contributed by atoms with van der Waals surface area (Å²) < 4.78 is 3.40. The number of thiazole rings is 1. The molecular weight excluding hydrogens is 408 g/mol. The van der Waals surface area contributed by atoms with E-state index in [1.165, 1.54) is 4.70 Å². The number of fused-ring (bicyclic) bond motifs is 1. The lowest BCUT2D eigenvalue weighted by Crippen LogP contribution is -2.12. The van der Waals surface area contributed by atoms with E-state index < -0.39 is 0 Å². The number of hydrogen-bond donors (Lipinski definition) is 1. The fraction of sp³-hybridized carbons (Fsp3) is 0.154. The van der Waals surface area contributed by atoms with E-state index in [0.717, 1.165) is 30.1 Å². The summed E-state index contributed by atoms with van der Waals surface area (Å²) in [6.07, 6.45) is 0.765. The molecule has 2 nitrogen and oxygen atoms in total. The minimum Gasteiger partial charge on any atom is -0.324 e. The third-order valence-electron chi connectivity index (χ3n) is 2.82. The van der Waals surface area contributed by atoms with E-state index in [4.69, 9.17) is 5.73 Å². The molecular formula is C13H10Br2N2S2. The van der Waals surface area contributed by atoms with Gasteiger partial charge in [0.1, 0.15) is 0 Å². The Kier molecular flexibility index (Phi) is 4.05. The average Bonchev–Trinajstić information content (AvgIpc) is 2.91. The molecule has 0 spiro atoms. The lowest BCUT2D eigenvalue weighted by atomic mass is 10.1. The quantitative estimate of drug-likeness (QED) is 0.641. The van der Waals surface area contributed by atoms with Crippen molar-refractivity contribution in [2.45, 2.75) is 12.5 Å². The molecule has 6 heteroatoms. The van der Waals surface area contributed by atoms with Crippen molar-refractivity contribution in [2.24, 2.45) is 5.73 Å². The number of rotatable bonds is 3. The highest BCUT2D eigenvalue weighted by atomic mass is 79.9. The van der Waals surface area contributed by atoms with Crippen LogP contribution < -0.4 is 5.73 Å². The summed E-state index contributed by atoms with van der Waals surface area (Å²) in [6.45, 7) is 0. The van der Waals surface area contributed by atoms with Crippen molar-refractivity contribution in [3.63, 3.8) is 0 Å². The Morgan fingerprint density at radius 1 is 1.21 bits per heavy atom. The van der Waals surface area contributed by atoms with Gasteiger partial charge in [-0.1, -0.05) is 12.1 Å². The van der Waals surface area contributed by atoms with Crippen LogP contribution in [0, 0.1) is 0 Å². The van der Waals surface area contributed by atoms with Crippen LogP contribution in [-0.2, 0) is 6.42 Å². The van der Waals surface area contributed by atoms with E-state index in [1.54, 1.807) is 22.7 Å². The number of nitrogens with zero attached hydrogens (tertiary/aromatic N) is 1. The van der Waals surface area contributed by atoms with Crippen molar-refractivity contribution >= 4 is 64.8 Å². The van der Waals surface area contributed by atoms with Gasteiger partial charge in [0, 0.05) is 12.5 Å². The van der Waals surface area contributed by atoms with E-state index in [2.05, 4.69) is 49.0 Å². The first-order valence-electron chi connectivity index (χ1n) is 5.68. The molecule has 0 aliphatic heterocycles. The Bertz CT molecular complexity index is 687. The highest BCUT2D eigenvalue weighted by molar-refractivity contribution is 9.12. The van der Waals surface area contributed by atoms with Gasteiger partial charge in [0.05, 0.1) is 22.8 Å². The summed E-state index contributed by atoms with van der Waals surface area (Å²) >= 11 is 10.4. The van der Waals surface area contributed by atoms with Crippen molar-refractivity contribution in [1.82, 2.24) is 4.98 Å². The highest BCUT2D eigenvalue weighted by Gasteiger charge is 2.15. The molecule has 0 saturated carbocycles. The van der Waals surface area contributed by atoms with Crippen LogP contribution in [0.4, 0.5) is 0 Å². The molecule has 98 valence electrons. The summed E-state index contributed by atoms with van der Waals surface area (Å²) in [7, 11) is 0. The van der Waals surface area contributed by atoms with Crippen LogP contribution in [0.25, 0.3) is 10.2 Å². The first-order chi connectivity index (χ1) is 9.13. The Morgan fingerprint density at radius 2 is 2.00 bits per heavy atom. The van der Waals surface area contributed by atoms with Crippen molar-refractivity contribution in [1.29, 1.82) is 0 Å². The van der Waals surface area contributed by atoms with Crippen LogP contribution in [0.1, 0.15) is 16.6 Å². The Balaban J connectivity index is 1.86. The maximum Gasteiger partial charge on any atom is 0.0957 e. The molecule has 0 bridgehead atoms. The molecule has 1 unspecified atom stereocenters. The molecule has 19 heavy (non-hydrogen) atoms. The molecule has 2 aromatic heterocycles. The Morgan fingerprint density at radius 3 is 2.68 bits per heavy atom. The second-order valence-electron chi connectivity index (χ2n) is 4.17. The van der Waals surface area contributed by atoms with Crippen molar-refractivity contribution < 1.29 is 0 Å². The van der Waals surface area contributed by atoms with Crippen LogP contribution in [0.5, 0.6) is 0 Å². The van der Waals surface area contributed by atoms with Gasteiger partial charge in [-0.05, 0) is 55.6 Å². The zero-order chi connectivity index (χ0) is 13.4. The van der Waals surface area contributed by atoms with Gasteiger partial charge in [-0.15, -0.1) is 22.7 Å². The van der Waals surface area contributed by atoms with Gasteiger partial charge < -0.3 is 5.73 Å². The van der Waals surface area contributed by atoms with Gasteiger partial charge in [-0.2, -0.15) is 0 Å². The van der Waals surface area contributed by atoms with Gasteiger partial charge in [0.15, 0.2) is 0 Å². The molecule has 0 radical (unpaired) electrons. The number of halogens is 2. The van der Waals surface area contributed by atoms with Crippen molar-refractivity contribution in [3.8, 4) is 0 Å². The zero-order valence-electron chi connectivity index (χ0n) is 9.77. The van der Waals surface area contributed by atoms with E-state index in [-0.39, 0.29) is 6.04 Å². The first-order valence-corrected chi connectivity index (χ1v) is 8.90. The smallest absolute Gasteiger partial charge is 0.0957 e. The number of hydrogen-bond acceptors (Lipinski definition) is 4. The van der Waals surface area contributed by atoms with E-state index in [1.807, 2.05) is 18.2 Å². The number of nitrogens with two attached hydrogens (primary N) is 1. The first kappa shape index (κ1) is 13.7. The second-order valence-corrected chi connectivity index (χ2v) is 9.03. The molecule has 3 aromatic rings. The van der Waals surface area contributed by atoms with Gasteiger partial charge in [0.25, 0.3) is 0 Å². The number of aromatic nitrogens is 1. The lowest BCUT2D eigenvalue weighted by molar-refractivity contribution is 0.719. The second kappa shape index (κ2) is 5.61. The third-order valence-corrected chi connectivity index (χ3v) is 6.26. The minimum absolute atomic E-state index is 0.0301. The maximum absolute atomic E-state index is 6.29. The summed E-state index contributed by atoms with van der Waals surface area (Å²) in [5.41, 5.74) is 8.48. The zero-order valence-corrected chi connectivity index (χ0v) is 14.6. The summed E-state index contributed by atoms with van der Waals surface area (Å²) in [5, 5.41) is 1.09. The van der Waals surface area contributed by atoms with Crippen molar-refractivity contribution in [2.75, 3.05) is 0 Å². The molecule has 0 fully saturated rings. The molecule has 0 saturated heterocycles. The highest BCUT2D eigenvalue weighted by Crippen LogP contribution is 2.36. The monoisotopic (exact) mass is 416 g/mol. The van der Waals surface area contributed by atoms with Crippen LogP contribution in [0.3, 0.4) is 0 Å². The molecule has 1 aromatic carbocycles. The van der Waals surface area contributed by atoms with Gasteiger partial charge in [-0.3, -0.25) is 0 Å². The fourth-order valence-corrected chi connectivity index (χ4v) is 5.94. The standard InChI is InChI=1S/C13H10Br2N2S2/c14-11-5-7(13(15)19-11)8(16)6-12-17-9-3-1-2-4-10(9)18-12/h1-5,8H,6,16H2. The van der Waals surface area contributed by atoms with E-state index in [0.29, 0.717) is 0 Å². The minimum atomic E-state index is -0.0301. The van der Waals surface area contributed by atoms with Crippen LogP contribution >= 0.6 is 54.5 Å². The molecule has 0 aliphatic carbocycles. The molecule has 0 amide bonds. The Labute approximate surface area is 135 Å². The largest absolute Gasteiger partial charge is 0.324 e. The predicted octanol–water partition coefficient (Wildman–Crippen LogP) is 5.13. The van der Waals surface area contributed by atoms with E-state index >= 15 is 0 Å². The van der Waals surface area contributed by atoms with Gasteiger partial charge >= 0.3 is 0 Å². The molecule has 0 aliphatic rings. The summed E-state index contributed by atoms with van der Waals surface area (Å²) in [6, 6.07) is 10.2. The van der Waals surface area contributed by atoms with Gasteiger partial charge in [0.2, 0.25) is 0 Å². The van der Waals surface area contributed by atoms with Crippen molar-refractivity contribution in [3.05, 3.63) is 48.5 Å². The van der Waals surface area contributed by atoms with Crippen LogP contribution in [0.15, 0.2) is 37.9 Å². The number of benzene rings is 1. The summed E-state index contributed by atoms with van der Waals surface area (Å²) in [4.78, 5) is 4.63. The predicted molar refractivity (Wildman–Crippen MR) is 90.0 cm³/mol. The Hall–Kier alpha value is -0.270. The summed E-state index contributed by atoms with van der Waals surface area (Å²) in [5.74, 6) is 0.